The van der Waals surface area contributed by atoms with E-state index in [0.717, 1.165) is 25.9 Å². The smallest absolute Gasteiger partial charge is 0.223 e. The molecular formula is C18H28N2O. The van der Waals surface area contributed by atoms with E-state index in [1.54, 1.807) is 0 Å². The summed E-state index contributed by atoms with van der Waals surface area (Å²) in [5.74, 6) is 1.05. The van der Waals surface area contributed by atoms with Crippen LogP contribution in [-0.4, -0.2) is 29.9 Å². The molecule has 1 heterocycles. The minimum absolute atomic E-state index is 0.156. The topological polar surface area (TPSA) is 46.3 Å². The minimum Gasteiger partial charge on any atom is -0.341 e. The number of benzene rings is 1. The maximum atomic E-state index is 12.4. The van der Waals surface area contributed by atoms with Gasteiger partial charge in [0.15, 0.2) is 0 Å². The number of likely N-dealkylation sites (tertiary alicyclic amines) is 1. The minimum atomic E-state index is 0.156. The van der Waals surface area contributed by atoms with Gasteiger partial charge in [0, 0.05) is 25.6 Å². The highest BCUT2D eigenvalue weighted by molar-refractivity contribution is 5.77. The third kappa shape index (κ3) is 4.31. The van der Waals surface area contributed by atoms with E-state index in [9.17, 15) is 4.79 Å². The van der Waals surface area contributed by atoms with Gasteiger partial charge < -0.3 is 10.6 Å². The van der Waals surface area contributed by atoms with Crippen LogP contribution in [0.15, 0.2) is 24.3 Å². The lowest BCUT2D eigenvalue weighted by atomic mass is 9.93. The van der Waals surface area contributed by atoms with E-state index in [1.807, 2.05) is 4.90 Å². The van der Waals surface area contributed by atoms with E-state index >= 15 is 0 Å². The maximum Gasteiger partial charge on any atom is 0.223 e. The van der Waals surface area contributed by atoms with Crippen LogP contribution in [0.25, 0.3) is 0 Å². The average Bonchev–Trinajstić information content (AvgIpc) is 2.47. The summed E-state index contributed by atoms with van der Waals surface area (Å²) in [5, 5.41) is 0. The molecule has 1 aromatic rings. The molecule has 1 saturated heterocycles. The van der Waals surface area contributed by atoms with Crippen molar-refractivity contribution in [1.29, 1.82) is 0 Å². The van der Waals surface area contributed by atoms with Gasteiger partial charge in [-0.15, -0.1) is 0 Å². The molecule has 1 fully saturated rings. The van der Waals surface area contributed by atoms with Crippen LogP contribution in [0.2, 0.25) is 0 Å². The van der Waals surface area contributed by atoms with Crippen LogP contribution in [0.4, 0.5) is 0 Å². The molecule has 0 aromatic heterocycles. The van der Waals surface area contributed by atoms with Gasteiger partial charge in [-0.2, -0.15) is 0 Å². The number of nitrogens with two attached hydrogens (primary N) is 1. The fraction of sp³-hybridized carbons (Fsp3) is 0.611. The van der Waals surface area contributed by atoms with Crippen molar-refractivity contribution < 1.29 is 4.79 Å². The molecule has 1 aromatic carbocycles. The Morgan fingerprint density at radius 1 is 1.24 bits per heavy atom. The molecule has 2 atom stereocenters. The Balaban J connectivity index is 1.93. The highest BCUT2D eigenvalue weighted by Crippen LogP contribution is 2.23. The number of amides is 1. The van der Waals surface area contributed by atoms with E-state index in [4.69, 9.17) is 5.73 Å². The Labute approximate surface area is 128 Å². The molecule has 21 heavy (non-hydrogen) atoms. The highest BCUT2D eigenvalue weighted by atomic mass is 16.2. The number of piperidine rings is 1. The zero-order chi connectivity index (χ0) is 15.4. The molecule has 116 valence electrons. The molecule has 1 aliphatic rings. The zero-order valence-corrected chi connectivity index (χ0v) is 13.5. The van der Waals surface area contributed by atoms with Gasteiger partial charge in [0.1, 0.15) is 0 Å². The highest BCUT2D eigenvalue weighted by Gasteiger charge is 2.22. The molecule has 0 bridgehead atoms. The Morgan fingerprint density at radius 2 is 1.86 bits per heavy atom. The molecule has 3 nitrogen and oxygen atoms in total. The first-order chi connectivity index (χ1) is 9.97. The van der Waals surface area contributed by atoms with Crippen LogP contribution >= 0.6 is 0 Å². The van der Waals surface area contributed by atoms with Gasteiger partial charge in [-0.05, 0) is 35.8 Å². The zero-order valence-electron chi connectivity index (χ0n) is 13.5. The summed E-state index contributed by atoms with van der Waals surface area (Å²) < 4.78 is 0. The Bertz CT molecular complexity index is 467. The summed E-state index contributed by atoms with van der Waals surface area (Å²) in [7, 11) is 0. The van der Waals surface area contributed by atoms with Crippen molar-refractivity contribution in [2.24, 2.45) is 5.73 Å². The van der Waals surface area contributed by atoms with Crippen molar-refractivity contribution in [3.8, 4) is 0 Å². The van der Waals surface area contributed by atoms with Gasteiger partial charge in [0.2, 0.25) is 5.91 Å². The number of rotatable bonds is 4. The second-order valence-corrected chi connectivity index (χ2v) is 6.67. The van der Waals surface area contributed by atoms with Crippen molar-refractivity contribution in [1.82, 2.24) is 4.90 Å². The van der Waals surface area contributed by atoms with Crippen molar-refractivity contribution in [3.05, 3.63) is 35.4 Å². The lowest BCUT2D eigenvalue weighted by Crippen LogP contribution is -2.45. The summed E-state index contributed by atoms with van der Waals surface area (Å²) in [5.41, 5.74) is 8.55. The van der Waals surface area contributed by atoms with E-state index in [0.29, 0.717) is 12.3 Å². The normalized spacial score (nSPS) is 20.6. The SMILES string of the molecule is CC(C)c1ccc(C(C)CC(=O)N2CCCC(N)C2)cc1. The van der Waals surface area contributed by atoms with Gasteiger partial charge in [0.05, 0.1) is 0 Å². The van der Waals surface area contributed by atoms with Crippen molar-refractivity contribution >= 4 is 5.91 Å². The van der Waals surface area contributed by atoms with Crippen molar-refractivity contribution in [2.45, 2.75) is 57.9 Å². The molecule has 2 unspecified atom stereocenters. The van der Waals surface area contributed by atoms with Crippen LogP contribution in [0.5, 0.6) is 0 Å². The van der Waals surface area contributed by atoms with Crippen LogP contribution < -0.4 is 5.73 Å². The fourth-order valence-electron chi connectivity index (χ4n) is 2.95. The number of carbonyl (C=O) groups excluding carboxylic acids is 1. The Morgan fingerprint density at radius 3 is 2.43 bits per heavy atom. The summed E-state index contributed by atoms with van der Waals surface area (Å²) in [6, 6.07) is 8.84. The van der Waals surface area contributed by atoms with E-state index in [2.05, 4.69) is 45.0 Å². The molecule has 1 amide bonds. The third-order valence-electron chi connectivity index (χ3n) is 4.46. The number of hydrogen-bond donors (Lipinski definition) is 1. The summed E-state index contributed by atoms with van der Waals surface area (Å²) in [6.07, 6.45) is 2.65. The van der Waals surface area contributed by atoms with E-state index in [-0.39, 0.29) is 17.9 Å². The largest absolute Gasteiger partial charge is 0.341 e. The lowest BCUT2D eigenvalue weighted by molar-refractivity contribution is -0.132. The molecule has 0 radical (unpaired) electrons. The second kappa shape index (κ2) is 7.08. The molecule has 0 spiro atoms. The number of hydrogen-bond acceptors (Lipinski definition) is 2. The van der Waals surface area contributed by atoms with E-state index < -0.39 is 0 Å². The Hall–Kier alpha value is -1.35. The first-order valence-electron chi connectivity index (χ1n) is 8.10. The van der Waals surface area contributed by atoms with Crippen LogP contribution in [0, 0.1) is 0 Å². The average molecular weight is 288 g/mol. The lowest BCUT2D eigenvalue weighted by Gasteiger charge is -2.31. The molecule has 0 aliphatic carbocycles. The standard InChI is InChI=1S/C18H28N2O/c1-13(2)15-6-8-16(9-7-15)14(3)11-18(21)20-10-4-5-17(19)12-20/h6-9,13-14,17H,4-5,10-12,19H2,1-3H3. The molecule has 0 saturated carbocycles. The fourth-order valence-corrected chi connectivity index (χ4v) is 2.95. The van der Waals surface area contributed by atoms with E-state index in [1.165, 1.54) is 11.1 Å². The quantitative estimate of drug-likeness (QED) is 0.924. The Kier molecular flexibility index (Phi) is 5.40. The van der Waals surface area contributed by atoms with Crippen LogP contribution in [0.1, 0.15) is 63.0 Å². The monoisotopic (exact) mass is 288 g/mol. The predicted molar refractivity (Wildman–Crippen MR) is 87.4 cm³/mol. The summed E-state index contributed by atoms with van der Waals surface area (Å²) in [4.78, 5) is 14.3. The molecular weight excluding hydrogens is 260 g/mol. The van der Waals surface area contributed by atoms with Gasteiger partial charge in [-0.1, -0.05) is 45.0 Å². The number of nitrogens with zero attached hydrogens (tertiary/aromatic N) is 1. The summed E-state index contributed by atoms with van der Waals surface area (Å²) in [6.45, 7) is 8.11. The third-order valence-corrected chi connectivity index (χ3v) is 4.46. The van der Waals surface area contributed by atoms with Crippen molar-refractivity contribution in [2.75, 3.05) is 13.1 Å². The van der Waals surface area contributed by atoms with Gasteiger partial charge in [-0.25, -0.2) is 0 Å². The maximum absolute atomic E-state index is 12.4. The van der Waals surface area contributed by atoms with Crippen LogP contribution in [-0.2, 0) is 4.79 Å². The van der Waals surface area contributed by atoms with Gasteiger partial charge in [0.25, 0.3) is 0 Å². The second-order valence-electron chi connectivity index (χ2n) is 6.67. The van der Waals surface area contributed by atoms with Crippen LogP contribution in [0.3, 0.4) is 0 Å². The summed E-state index contributed by atoms with van der Waals surface area (Å²) >= 11 is 0. The molecule has 1 aliphatic heterocycles. The van der Waals surface area contributed by atoms with Gasteiger partial charge in [-0.3, -0.25) is 4.79 Å². The molecule has 2 N–H and O–H groups in total. The predicted octanol–water partition coefficient (Wildman–Crippen LogP) is 3.25. The molecule has 2 rings (SSSR count). The van der Waals surface area contributed by atoms with Gasteiger partial charge >= 0.3 is 0 Å². The molecule has 3 heteroatoms. The first kappa shape index (κ1) is 16.0. The number of carbonyl (C=O) groups is 1. The first-order valence-corrected chi connectivity index (χ1v) is 8.10. The van der Waals surface area contributed by atoms with Crippen molar-refractivity contribution in [3.63, 3.8) is 0 Å².